The van der Waals surface area contributed by atoms with E-state index in [0.717, 1.165) is 44.1 Å². The average molecular weight is 581 g/mol. The SMILES string of the molecule is CC[C@@](C)(C(=O)O)c1ccc(O[C@@H]2CC[C@@H](NC(=O)[C@]3(F)CNC4(CCC4)C3)C2)c(-c2cccc(F)c2C2CCC2)c1. The summed E-state index contributed by atoms with van der Waals surface area (Å²) < 4.78 is 37.4. The highest BCUT2D eigenvalue weighted by Crippen LogP contribution is 2.47. The third-order valence-corrected chi connectivity index (χ3v) is 10.7. The fraction of sp³-hybridized carbons (Fsp3) is 0.588. The Morgan fingerprint density at radius 1 is 1.12 bits per heavy atom. The van der Waals surface area contributed by atoms with Crippen molar-refractivity contribution in [2.24, 2.45) is 0 Å². The molecule has 0 radical (unpaired) electrons. The van der Waals surface area contributed by atoms with Crippen LogP contribution in [0, 0.1) is 5.82 Å². The van der Waals surface area contributed by atoms with E-state index in [1.807, 2.05) is 25.1 Å². The zero-order valence-corrected chi connectivity index (χ0v) is 24.6. The zero-order valence-electron chi connectivity index (χ0n) is 24.6. The molecular formula is C34H42F2N2O4. The molecule has 1 heterocycles. The first-order valence-electron chi connectivity index (χ1n) is 15.6. The van der Waals surface area contributed by atoms with E-state index >= 15 is 8.78 Å². The fourth-order valence-electron chi connectivity index (χ4n) is 7.33. The number of carbonyl (C=O) groups is 2. The van der Waals surface area contributed by atoms with Crippen LogP contribution in [0.1, 0.15) is 102 Å². The van der Waals surface area contributed by atoms with E-state index in [9.17, 15) is 14.7 Å². The molecule has 3 saturated carbocycles. The second-order valence-electron chi connectivity index (χ2n) is 13.4. The number of ether oxygens (including phenoxy) is 1. The monoisotopic (exact) mass is 580 g/mol. The molecule has 3 aliphatic carbocycles. The van der Waals surface area contributed by atoms with Crippen LogP contribution in [-0.4, -0.2) is 46.9 Å². The van der Waals surface area contributed by atoms with Gasteiger partial charge in [-0.3, -0.25) is 9.59 Å². The Hall–Kier alpha value is -3.00. The number of nitrogens with one attached hydrogen (secondary N) is 2. The van der Waals surface area contributed by atoms with Crippen molar-refractivity contribution in [2.45, 2.75) is 119 Å². The lowest BCUT2D eigenvalue weighted by Crippen LogP contribution is -2.49. The lowest BCUT2D eigenvalue weighted by Gasteiger charge is -2.38. The number of carboxylic acid groups (broad SMARTS) is 1. The molecule has 1 amide bonds. The number of halogens is 2. The van der Waals surface area contributed by atoms with Crippen LogP contribution in [0.5, 0.6) is 5.75 Å². The summed E-state index contributed by atoms with van der Waals surface area (Å²) >= 11 is 0. The number of aliphatic carboxylic acids is 1. The van der Waals surface area contributed by atoms with E-state index in [2.05, 4.69) is 10.6 Å². The normalized spacial score (nSPS) is 28.1. The second-order valence-corrected chi connectivity index (χ2v) is 13.4. The Morgan fingerprint density at radius 2 is 1.90 bits per heavy atom. The molecular weight excluding hydrogens is 538 g/mol. The summed E-state index contributed by atoms with van der Waals surface area (Å²) in [6.07, 6.45) is 8.14. The van der Waals surface area contributed by atoms with Gasteiger partial charge in [-0.1, -0.05) is 31.5 Å². The maximum absolute atomic E-state index is 15.6. The summed E-state index contributed by atoms with van der Waals surface area (Å²) in [6.45, 7) is 3.62. The molecule has 2 aromatic carbocycles. The van der Waals surface area contributed by atoms with Crippen LogP contribution in [0.15, 0.2) is 36.4 Å². The smallest absolute Gasteiger partial charge is 0.313 e. The number of carbonyl (C=O) groups excluding carboxylic acids is 1. The molecule has 0 unspecified atom stereocenters. The van der Waals surface area contributed by atoms with Gasteiger partial charge in [-0.05, 0) is 99.1 Å². The van der Waals surface area contributed by atoms with Crippen molar-refractivity contribution in [3.05, 3.63) is 53.3 Å². The van der Waals surface area contributed by atoms with E-state index in [4.69, 9.17) is 4.74 Å². The third kappa shape index (κ3) is 5.10. The third-order valence-electron chi connectivity index (χ3n) is 10.7. The maximum atomic E-state index is 15.6. The van der Waals surface area contributed by atoms with Crippen molar-refractivity contribution in [3.63, 3.8) is 0 Å². The predicted octanol–water partition coefficient (Wildman–Crippen LogP) is 6.55. The topological polar surface area (TPSA) is 87.7 Å². The average Bonchev–Trinajstić information content (AvgIpc) is 3.53. The number of benzene rings is 2. The summed E-state index contributed by atoms with van der Waals surface area (Å²) in [5.74, 6) is -1.01. The Labute approximate surface area is 246 Å². The van der Waals surface area contributed by atoms with Gasteiger partial charge in [0.15, 0.2) is 0 Å². The van der Waals surface area contributed by atoms with E-state index < -0.39 is 23.0 Å². The number of hydrogen-bond donors (Lipinski definition) is 3. The highest BCUT2D eigenvalue weighted by molar-refractivity contribution is 5.86. The molecule has 3 N–H and O–H groups in total. The quantitative estimate of drug-likeness (QED) is 0.313. The zero-order chi connectivity index (χ0) is 29.7. The molecule has 1 spiro atoms. The minimum absolute atomic E-state index is 0.0607. The molecule has 1 aliphatic heterocycles. The van der Waals surface area contributed by atoms with E-state index in [0.29, 0.717) is 48.1 Å². The molecule has 1 saturated heterocycles. The van der Waals surface area contributed by atoms with Gasteiger partial charge in [0.1, 0.15) is 17.7 Å². The van der Waals surface area contributed by atoms with Crippen molar-refractivity contribution in [1.29, 1.82) is 0 Å². The van der Waals surface area contributed by atoms with Crippen molar-refractivity contribution in [2.75, 3.05) is 6.54 Å². The van der Waals surface area contributed by atoms with Crippen LogP contribution in [0.25, 0.3) is 11.1 Å². The van der Waals surface area contributed by atoms with Gasteiger partial charge in [-0.15, -0.1) is 0 Å². The van der Waals surface area contributed by atoms with Crippen molar-refractivity contribution < 1.29 is 28.2 Å². The van der Waals surface area contributed by atoms with Crippen molar-refractivity contribution in [3.8, 4) is 16.9 Å². The molecule has 4 atom stereocenters. The Kier molecular flexibility index (Phi) is 7.57. The molecule has 6 rings (SSSR count). The van der Waals surface area contributed by atoms with Gasteiger partial charge in [0.2, 0.25) is 5.67 Å². The first kappa shape index (κ1) is 29.1. The minimum Gasteiger partial charge on any atom is -0.490 e. The van der Waals surface area contributed by atoms with Gasteiger partial charge < -0.3 is 20.5 Å². The van der Waals surface area contributed by atoms with E-state index in [1.165, 1.54) is 6.07 Å². The molecule has 0 bridgehead atoms. The Bertz CT molecular complexity index is 1370. The van der Waals surface area contributed by atoms with Gasteiger partial charge in [-0.25, -0.2) is 8.78 Å². The highest BCUT2D eigenvalue weighted by atomic mass is 19.1. The van der Waals surface area contributed by atoms with Crippen LogP contribution in [-0.2, 0) is 15.0 Å². The molecule has 2 aromatic rings. The standard InChI is InChI=1S/C34H42F2N2O4/c1-3-32(2,31(40)41)22-11-14-28(26(17-22)25-9-5-10-27(35)29(25)21-7-4-8-21)42-24-13-12-23(18-24)38-30(39)34(36)19-33(37-20-34)15-6-16-33/h5,9-11,14,17,21,23-24,37H,3-4,6-8,12-13,15-16,18-20H2,1-2H3,(H,38,39)(H,40,41)/t23-,24-,32-,34-/m1/s1. The number of amides is 1. The van der Waals surface area contributed by atoms with Crippen LogP contribution in [0.2, 0.25) is 0 Å². The number of alkyl halides is 1. The molecule has 0 aromatic heterocycles. The number of carboxylic acids is 1. The second kappa shape index (κ2) is 10.9. The minimum atomic E-state index is -1.88. The number of hydrogen-bond acceptors (Lipinski definition) is 4. The summed E-state index contributed by atoms with van der Waals surface area (Å²) in [6, 6.07) is 10.4. The molecule has 4 aliphatic rings. The van der Waals surface area contributed by atoms with Crippen LogP contribution >= 0.6 is 0 Å². The Balaban J connectivity index is 1.24. The molecule has 8 heteroatoms. The molecule has 6 nitrogen and oxygen atoms in total. The van der Waals surface area contributed by atoms with E-state index in [1.54, 1.807) is 19.1 Å². The fourth-order valence-corrected chi connectivity index (χ4v) is 7.33. The van der Waals surface area contributed by atoms with Gasteiger partial charge in [0.05, 0.1) is 5.41 Å². The van der Waals surface area contributed by atoms with Gasteiger partial charge >= 0.3 is 5.97 Å². The molecule has 226 valence electrons. The van der Waals surface area contributed by atoms with Crippen LogP contribution < -0.4 is 15.4 Å². The summed E-state index contributed by atoms with van der Waals surface area (Å²) in [5, 5.41) is 16.3. The van der Waals surface area contributed by atoms with Crippen LogP contribution in [0.4, 0.5) is 8.78 Å². The number of rotatable bonds is 9. The molecule has 4 fully saturated rings. The van der Waals surface area contributed by atoms with Gasteiger partial charge in [-0.2, -0.15) is 0 Å². The lowest BCUT2D eigenvalue weighted by atomic mass is 9.74. The first-order chi connectivity index (χ1) is 20.1. The predicted molar refractivity (Wildman–Crippen MR) is 157 cm³/mol. The Morgan fingerprint density at radius 3 is 2.52 bits per heavy atom. The summed E-state index contributed by atoms with van der Waals surface area (Å²) in [4.78, 5) is 25.3. The van der Waals surface area contributed by atoms with Gasteiger partial charge in [0.25, 0.3) is 5.91 Å². The first-order valence-corrected chi connectivity index (χ1v) is 15.6. The van der Waals surface area contributed by atoms with E-state index in [-0.39, 0.29) is 42.4 Å². The maximum Gasteiger partial charge on any atom is 0.313 e. The van der Waals surface area contributed by atoms with Crippen molar-refractivity contribution >= 4 is 11.9 Å². The highest BCUT2D eigenvalue weighted by Gasteiger charge is 2.55. The lowest BCUT2D eigenvalue weighted by molar-refractivity contribution is -0.143. The van der Waals surface area contributed by atoms with Crippen molar-refractivity contribution in [1.82, 2.24) is 10.6 Å². The largest absolute Gasteiger partial charge is 0.490 e. The van der Waals surface area contributed by atoms with Crippen LogP contribution in [0.3, 0.4) is 0 Å². The van der Waals surface area contributed by atoms with Gasteiger partial charge in [0, 0.05) is 36.5 Å². The summed E-state index contributed by atoms with van der Waals surface area (Å²) in [7, 11) is 0. The summed E-state index contributed by atoms with van der Waals surface area (Å²) in [5.41, 5.74) is -0.460. The molecule has 42 heavy (non-hydrogen) atoms.